The minimum absolute atomic E-state index is 0.0432. The highest BCUT2D eigenvalue weighted by Crippen LogP contribution is 2.40. The van der Waals surface area contributed by atoms with Crippen molar-refractivity contribution in [2.75, 3.05) is 13.7 Å². The molecule has 186 valence electrons. The molecule has 2 atom stereocenters. The minimum Gasteiger partial charge on any atom is -0.598 e. The smallest absolute Gasteiger partial charge is 0.177 e. The Morgan fingerprint density at radius 3 is 2.62 bits per heavy atom. The largest absolute Gasteiger partial charge is 0.598 e. The van der Waals surface area contributed by atoms with Gasteiger partial charge in [-0.2, -0.15) is 0 Å². The Kier molecular flexibility index (Phi) is 7.95. The summed E-state index contributed by atoms with van der Waals surface area (Å²) < 4.78 is 29.3. The Labute approximate surface area is 205 Å². The number of ether oxygens (including phenoxy) is 2. The van der Waals surface area contributed by atoms with Crippen molar-refractivity contribution in [1.29, 1.82) is 0 Å². The average molecular weight is 489 g/mol. The van der Waals surface area contributed by atoms with Crippen LogP contribution in [-0.4, -0.2) is 50.3 Å². The fourth-order valence-electron chi connectivity index (χ4n) is 3.51. The molecule has 0 bridgehead atoms. The SMILES string of the molecule is COc1cc2c(cc1[C@H](C)N[S+]([O-])C(C)(C)C)-c1nc(C(N=C(C)N)=NC(C)C)cn1CCO2. The van der Waals surface area contributed by atoms with Gasteiger partial charge in [0.15, 0.2) is 5.84 Å². The fraction of sp³-hybridized carbons (Fsp3) is 0.542. The van der Waals surface area contributed by atoms with Crippen LogP contribution < -0.4 is 19.9 Å². The Morgan fingerprint density at radius 1 is 1.32 bits per heavy atom. The molecule has 0 fully saturated rings. The lowest BCUT2D eigenvalue weighted by atomic mass is 10.0. The first-order valence-corrected chi connectivity index (χ1v) is 12.5. The van der Waals surface area contributed by atoms with Crippen LogP contribution >= 0.6 is 0 Å². The minimum atomic E-state index is -1.24. The van der Waals surface area contributed by atoms with Crippen molar-refractivity contribution in [2.45, 2.75) is 71.8 Å². The second-order valence-corrected chi connectivity index (χ2v) is 11.6. The van der Waals surface area contributed by atoms with E-state index in [9.17, 15) is 4.55 Å². The van der Waals surface area contributed by atoms with Crippen LogP contribution in [0, 0.1) is 0 Å². The number of nitrogens with one attached hydrogen (secondary N) is 1. The molecule has 1 aromatic heterocycles. The molecule has 3 N–H and O–H groups in total. The molecule has 0 spiro atoms. The second-order valence-electron chi connectivity index (χ2n) is 9.60. The quantitative estimate of drug-likeness (QED) is 0.364. The number of hydrogen-bond donors (Lipinski definition) is 2. The summed E-state index contributed by atoms with van der Waals surface area (Å²) in [5, 5.41) is 0. The van der Waals surface area contributed by atoms with Crippen LogP contribution in [-0.2, 0) is 17.9 Å². The van der Waals surface area contributed by atoms with E-state index in [2.05, 4.69) is 14.7 Å². The van der Waals surface area contributed by atoms with E-state index in [1.807, 2.05) is 64.4 Å². The maximum Gasteiger partial charge on any atom is 0.177 e. The van der Waals surface area contributed by atoms with Gasteiger partial charge in [-0.3, -0.25) is 4.99 Å². The van der Waals surface area contributed by atoms with Crippen LogP contribution in [0.3, 0.4) is 0 Å². The summed E-state index contributed by atoms with van der Waals surface area (Å²) in [4.78, 5) is 13.9. The zero-order valence-corrected chi connectivity index (χ0v) is 22.1. The summed E-state index contributed by atoms with van der Waals surface area (Å²) in [7, 11) is 1.62. The van der Waals surface area contributed by atoms with E-state index >= 15 is 0 Å². The monoisotopic (exact) mass is 488 g/mol. The van der Waals surface area contributed by atoms with Crippen molar-refractivity contribution in [1.82, 2.24) is 14.3 Å². The van der Waals surface area contributed by atoms with Crippen LogP contribution in [0.15, 0.2) is 28.3 Å². The molecule has 2 heterocycles. The molecule has 1 aliphatic rings. The van der Waals surface area contributed by atoms with Gasteiger partial charge in [0.1, 0.15) is 34.4 Å². The van der Waals surface area contributed by atoms with Crippen LogP contribution in [0.4, 0.5) is 0 Å². The Balaban J connectivity index is 2.10. The summed E-state index contributed by atoms with van der Waals surface area (Å²) in [5.41, 5.74) is 8.20. The summed E-state index contributed by atoms with van der Waals surface area (Å²) in [5.74, 6) is 3.01. The first-order chi connectivity index (χ1) is 15.9. The van der Waals surface area contributed by atoms with Crippen LogP contribution in [0.5, 0.6) is 11.5 Å². The zero-order valence-electron chi connectivity index (χ0n) is 21.3. The first kappa shape index (κ1) is 26.1. The van der Waals surface area contributed by atoms with Gasteiger partial charge in [0.2, 0.25) is 0 Å². The molecule has 0 saturated carbocycles. The molecule has 1 aliphatic heterocycles. The third-order valence-corrected chi connectivity index (χ3v) is 6.82. The van der Waals surface area contributed by atoms with Gasteiger partial charge in [-0.25, -0.2) is 9.98 Å². The summed E-state index contributed by atoms with van der Waals surface area (Å²) in [6.45, 7) is 14.6. The van der Waals surface area contributed by atoms with Gasteiger partial charge < -0.3 is 24.3 Å². The van der Waals surface area contributed by atoms with Crippen molar-refractivity contribution in [2.24, 2.45) is 15.7 Å². The van der Waals surface area contributed by atoms with Crippen molar-refractivity contribution >= 4 is 23.0 Å². The molecule has 10 heteroatoms. The highest BCUT2D eigenvalue weighted by molar-refractivity contribution is 7.90. The van der Waals surface area contributed by atoms with Gasteiger partial charge in [0, 0.05) is 35.2 Å². The molecular formula is C24H36N6O3S. The summed E-state index contributed by atoms with van der Waals surface area (Å²) in [6.07, 6.45) is 1.93. The predicted molar refractivity (Wildman–Crippen MR) is 138 cm³/mol. The van der Waals surface area contributed by atoms with E-state index in [4.69, 9.17) is 20.2 Å². The van der Waals surface area contributed by atoms with Crippen molar-refractivity contribution < 1.29 is 14.0 Å². The number of nitrogens with two attached hydrogens (primary N) is 1. The maximum atomic E-state index is 12.7. The highest BCUT2D eigenvalue weighted by atomic mass is 32.2. The molecule has 1 unspecified atom stereocenters. The molecule has 0 aliphatic carbocycles. The number of rotatable bonds is 6. The maximum absolute atomic E-state index is 12.7. The summed E-state index contributed by atoms with van der Waals surface area (Å²) >= 11 is -1.24. The third kappa shape index (κ3) is 5.92. The number of hydrogen-bond acceptors (Lipinski definition) is 6. The normalized spacial score (nSPS) is 16.4. The molecule has 2 aromatic rings. The fourth-order valence-corrected chi connectivity index (χ4v) is 4.32. The third-order valence-electron chi connectivity index (χ3n) is 5.14. The van der Waals surface area contributed by atoms with Gasteiger partial charge in [0.25, 0.3) is 0 Å². The number of nitrogens with zero attached hydrogens (tertiary/aromatic N) is 4. The van der Waals surface area contributed by atoms with Crippen LogP contribution in [0.25, 0.3) is 11.4 Å². The number of aliphatic imine (C=N–C) groups is 2. The van der Waals surface area contributed by atoms with Gasteiger partial charge in [0.05, 0.1) is 31.1 Å². The number of amidine groups is 2. The van der Waals surface area contributed by atoms with Gasteiger partial charge >= 0.3 is 0 Å². The van der Waals surface area contributed by atoms with E-state index in [-0.39, 0.29) is 12.1 Å². The average Bonchev–Trinajstić information content (AvgIpc) is 3.08. The van der Waals surface area contributed by atoms with E-state index in [1.54, 1.807) is 14.0 Å². The molecular weight excluding hydrogens is 452 g/mol. The van der Waals surface area contributed by atoms with Gasteiger partial charge in [-0.1, -0.05) is 0 Å². The molecule has 3 rings (SSSR count). The molecule has 9 nitrogen and oxygen atoms in total. The molecule has 0 radical (unpaired) electrons. The highest BCUT2D eigenvalue weighted by Gasteiger charge is 2.30. The number of fused-ring (bicyclic) bond motifs is 3. The zero-order chi connectivity index (χ0) is 25.2. The van der Waals surface area contributed by atoms with Gasteiger partial charge in [-0.05, 0) is 54.5 Å². The van der Waals surface area contributed by atoms with E-state index < -0.39 is 16.1 Å². The van der Waals surface area contributed by atoms with Crippen LogP contribution in [0.1, 0.15) is 65.8 Å². The predicted octanol–water partition coefficient (Wildman–Crippen LogP) is 3.60. The lowest BCUT2D eigenvalue weighted by molar-refractivity contribution is 0.304. The molecule has 0 amide bonds. The Hall–Kier alpha value is -2.56. The lowest BCUT2D eigenvalue weighted by Gasteiger charge is -2.27. The summed E-state index contributed by atoms with van der Waals surface area (Å²) in [6, 6.07) is 3.69. The number of aromatic nitrogens is 2. The first-order valence-electron chi connectivity index (χ1n) is 11.4. The second kappa shape index (κ2) is 10.4. The number of benzene rings is 1. The van der Waals surface area contributed by atoms with Crippen molar-refractivity contribution in [3.63, 3.8) is 0 Å². The number of methoxy groups -OCH3 is 1. The van der Waals surface area contributed by atoms with E-state index in [1.165, 1.54) is 0 Å². The molecule has 0 saturated heterocycles. The standard InChI is InChI=1S/C24H36N6O3S/c1-14(2)26-22(27-16(4)25)19-13-30-9-10-33-21-12-20(32-8)17(11-18(21)23(30)28-19)15(3)29-34(31)24(5,6)7/h11-15,29H,9-10H2,1-8H3,(H2,25,26,27)/t15-,34?/m0/s1. The Bertz CT molecular complexity index is 1080. The number of imidazole rings is 1. The topological polar surface area (TPSA) is 122 Å². The van der Waals surface area contributed by atoms with Gasteiger partial charge in [-0.15, -0.1) is 4.72 Å². The van der Waals surface area contributed by atoms with Crippen molar-refractivity contribution in [3.8, 4) is 22.9 Å². The Morgan fingerprint density at radius 2 is 2.03 bits per heavy atom. The van der Waals surface area contributed by atoms with Crippen LogP contribution in [0.2, 0.25) is 0 Å². The molecule has 34 heavy (non-hydrogen) atoms. The van der Waals surface area contributed by atoms with Crippen molar-refractivity contribution in [3.05, 3.63) is 29.6 Å². The lowest BCUT2D eigenvalue weighted by Crippen LogP contribution is -2.40. The van der Waals surface area contributed by atoms with E-state index in [0.717, 1.165) is 17.0 Å². The van der Waals surface area contributed by atoms with E-state index in [0.29, 0.717) is 42.0 Å². The molecule has 1 aromatic carbocycles.